The molecule has 0 aliphatic carbocycles. The molecule has 1 atom stereocenters. The fourth-order valence-corrected chi connectivity index (χ4v) is 3.51. The van der Waals surface area contributed by atoms with Gasteiger partial charge in [0.2, 0.25) is 0 Å². The Hall–Kier alpha value is -2.69. The number of nitrogens with zero attached hydrogens (tertiary/aromatic N) is 2. The number of likely N-dealkylation sites (tertiary alicyclic amines) is 1. The highest BCUT2D eigenvalue weighted by Crippen LogP contribution is 2.30. The van der Waals surface area contributed by atoms with E-state index in [1.165, 1.54) is 6.07 Å². The van der Waals surface area contributed by atoms with Gasteiger partial charge >= 0.3 is 0 Å². The van der Waals surface area contributed by atoms with Crippen LogP contribution in [0.5, 0.6) is 0 Å². The molecular weight excluding hydrogens is 331 g/mol. The van der Waals surface area contributed by atoms with Gasteiger partial charge in [0.15, 0.2) is 11.5 Å². The lowest BCUT2D eigenvalue weighted by Gasteiger charge is -2.17. The number of hydrogen-bond acceptors (Lipinski definition) is 3. The maximum Gasteiger partial charge on any atom is 0.253 e. The summed E-state index contributed by atoms with van der Waals surface area (Å²) >= 11 is 0. The molecule has 0 spiro atoms. The number of rotatable bonds is 3. The van der Waals surface area contributed by atoms with Crippen molar-refractivity contribution in [2.24, 2.45) is 0 Å². The lowest BCUT2D eigenvalue weighted by atomic mass is 9.98. The molecule has 1 fully saturated rings. The van der Waals surface area contributed by atoms with Crippen molar-refractivity contribution in [3.8, 4) is 0 Å². The van der Waals surface area contributed by atoms with Crippen LogP contribution in [0.4, 0.5) is 4.39 Å². The van der Waals surface area contributed by atoms with Crippen LogP contribution in [0.2, 0.25) is 0 Å². The molecule has 1 aliphatic heterocycles. The van der Waals surface area contributed by atoms with Crippen molar-refractivity contribution >= 4 is 17.0 Å². The second-order valence-electron chi connectivity index (χ2n) is 7.15. The van der Waals surface area contributed by atoms with Gasteiger partial charge in [-0.15, -0.1) is 0 Å². The van der Waals surface area contributed by atoms with Gasteiger partial charge in [-0.05, 0) is 36.2 Å². The number of amides is 1. The number of benzene rings is 2. The van der Waals surface area contributed by atoms with Gasteiger partial charge < -0.3 is 9.32 Å². The van der Waals surface area contributed by atoms with Gasteiger partial charge in [-0.1, -0.05) is 32.0 Å². The van der Waals surface area contributed by atoms with Crippen LogP contribution in [-0.2, 0) is 0 Å². The molecule has 1 saturated heterocycles. The predicted octanol–water partition coefficient (Wildman–Crippen LogP) is 4.72. The molecule has 1 aliphatic rings. The number of carbonyl (C=O) groups excluding carboxylic acids is 1. The summed E-state index contributed by atoms with van der Waals surface area (Å²) in [5.41, 5.74) is 2.67. The van der Waals surface area contributed by atoms with Crippen LogP contribution >= 0.6 is 0 Å². The van der Waals surface area contributed by atoms with Gasteiger partial charge in [-0.2, -0.15) is 0 Å². The normalized spacial score (nSPS) is 17.4. The molecule has 26 heavy (non-hydrogen) atoms. The summed E-state index contributed by atoms with van der Waals surface area (Å²) in [6.07, 6.45) is 0.774. The monoisotopic (exact) mass is 352 g/mol. The molecule has 0 unspecified atom stereocenters. The standard InChI is InChI=1S/C21H21FN2O2/c1-13(2)20-23-18-11-14(7-8-19(18)26-20)21(25)24-10-9-15(12-24)16-5-3-4-6-17(16)22/h3-8,11,13,15H,9-10,12H2,1-2H3/t15-/m1/s1. The number of carbonyl (C=O) groups is 1. The minimum atomic E-state index is -0.197. The largest absolute Gasteiger partial charge is 0.440 e. The second-order valence-corrected chi connectivity index (χ2v) is 7.15. The number of fused-ring (bicyclic) bond motifs is 1. The molecule has 1 amide bonds. The molecule has 134 valence electrons. The molecule has 4 rings (SSSR count). The highest BCUT2D eigenvalue weighted by Gasteiger charge is 2.29. The third kappa shape index (κ3) is 2.98. The van der Waals surface area contributed by atoms with Crippen LogP contribution in [0.1, 0.15) is 53.9 Å². The van der Waals surface area contributed by atoms with Crippen LogP contribution < -0.4 is 0 Å². The smallest absolute Gasteiger partial charge is 0.253 e. The van der Waals surface area contributed by atoms with Crippen molar-refractivity contribution in [3.63, 3.8) is 0 Å². The Labute approximate surface area is 151 Å². The molecule has 0 saturated carbocycles. The van der Waals surface area contributed by atoms with Gasteiger partial charge in [0.1, 0.15) is 11.3 Å². The third-order valence-electron chi connectivity index (χ3n) is 4.97. The van der Waals surface area contributed by atoms with E-state index in [1.54, 1.807) is 29.2 Å². The van der Waals surface area contributed by atoms with Crippen molar-refractivity contribution in [1.29, 1.82) is 0 Å². The summed E-state index contributed by atoms with van der Waals surface area (Å²) in [4.78, 5) is 19.1. The van der Waals surface area contributed by atoms with E-state index in [0.29, 0.717) is 41.2 Å². The van der Waals surface area contributed by atoms with Gasteiger partial charge in [0.05, 0.1) is 0 Å². The van der Waals surface area contributed by atoms with Crippen molar-refractivity contribution in [3.05, 3.63) is 65.3 Å². The number of halogens is 1. The van der Waals surface area contributed by atoms with Gasteiger partial charge in [0.25, 0.3) is 5.91 Å². The summed E-state index contributed by atoms with van der Waals surface area (Å²) < 4.78 is 19.7. The van der Waals surface area contributed by atoms with Gasteiger partial charge in [-0.25, -0.2) is 9.37 Å². The highest BCUT2D eigenvalue weighted by molar-refractivity contribution is 5.97. The van der Waals surface area contributed by atoms with E-state index in [9.17, 15) is 9.18 Å². The van der Waals surface area contributed by atoms with Crippen molar-refractivity contribution in [1.82, 2.24) is 9.88 Å². The third-order valence-corrected chi connectivity index (χ3v) is 4.97. The molecule has 1 aromatic heterocycles. The van der Waals surface area contributed by atoms with E-state index in [-0.39, 0.29) is 23.6 Å². The fraction of sp³-hybridized carbons (Fsp3) is 0.333. The maximum absolute atomic E-state index is 14.0. The van der Waals surface area contributed by atoms with Crippen LogP contribution in [-0.4, -0.2) is 28.9 Å². The Morgan fingerprint density at radius 3 is 2.85 bits per heavy atom. The van der Waals surface area contributed by atoms with Crippen LogP contribution in [0, 0.1) is 5.82 Å². The topological polar surface area (TPSA) is 46.3 Å². The lowest BCUT2D eigenvalue weighted by Crippen LogP contribution is -2.28. The molecule has 2 heterocycles. The van der Waals surface area contributed by atoms with Crippen LogP contribution in [0.3, 0.4) is 0 Å². The Bertz CT molecular complexity index is 964. The first kappa shape index (κ1) is 16.8. The molecule has 2 aromatic carbocycles. The average Bonchev–Trinajstić information content (AvgIpc) is 3.28. The first-order valence-corrected chi connectivity index (χ1v) is 8.97. The zero-order chi connectivity index (χ0) is 18.3. The summed E-state index contributed by atoms with van der Waals surface area (Å²) in [7, 11) is 0. The van der Waals surface area contributed by atoms with E-state index in [1.807, 2.05) is 26.0 Å². The maximum atomic E-state index is 14.0. The molecule has 4 nitrogen and oxygen atoms in total. The summed E-state index contributed by atoms with van der Waals surface area (Å²) in [6.45, 7) is 5.20. The predicted molar refractivity (Wildman–Crippen MR) is 97.8 cm³/mol. The first-order chi connectivity index (χ1) is 12.5. The summed E-state index contributed by atoms with van der Waals surface area (Å²) in [5, 5.41) is 0. The molecule has 0 N–H and O–H groups in total. The molecule has 3 aromatic rings. The molecule has 0 bridgehead atoms. The Kier molecular flexibility index (Phi) is 4.23. The zero-order valence-corrected chi connectivity index (χ0v) is 14.9. The van der Waals surface area contributed by atoms with Gasteiger partial charge in [0, 0.05) is 30.5 Å². The van der Waals surface area contributed by atoms with E-state index in [2.05, 4.69) is 4.98 Å². The Balaban J connectivity index is 1.54. The molecule has 0 radical (unpaired) electrons. The SMILES string of the molecule is CC(C)c1nc2cc(C(=O)N3CC[C@@H](c4ccccc4F)C3)ccc2o1. The molecular formula is C21H21FN2O2. The van der Waals surface area contributed by atoms with Crippen LogP contribution in [0.25, 0.3) is 11.1 Å². The molecule has 5 heteroatoms. The summed E-state index contributed by atoms with van der Waals surface area (Å²) in [5.74, 6) is 0.674. The number of hydrogen-bond donors (Lipinski definition) is 0. The minimum absolute atomic E-state index is 0.0418. The Morgan fingerprint density at radius 1 is 1.27 bits per heavy atom. The Morgan fingerprint density at radius 2 is 2.08 bits per heavy atom. The number of oxazole rings is 1. The van der Waals surface area contributed by atoms with Crippen LogP contribution in [0.15, 0.2) is 46.9 Å². The van der Waals surface area contributed by atoms with Gasteiger partial charge in [-0.3, -0.25) is 4.79 Å². The quantitative estimate of drug-likeness (QED) is 0.685. The second kappa shape index (κ2) is 6.56. The zero-order valence-electron chi connectivity index (χ0n) is 14.9. The van der Waals surface area contributed by atoms with Crippen molar-refractivity contribution < 1.29 is 13.6 Å². The van der Waals surface area contributed by atoms with E-state index >= 15 is 0 Å². The van der Waals surface area contributed by atoms with E-state index in [4.69, 9.17) is 4.42 Å². The van der Waals surface area contributed by atoms with E-state index < -0.39 is 0 Å². The highest BCUT2D eigenvalue weighted by atomic mass is 19.1. The average molecular weight is 352 g/mol. The first-order valence-electron chi connectivity index (χ1n) is 8.97. The minimum Gasteiger partial charge on any atom is -0.440 e. The van der Waals surface area contributed by atoms with Crippen molar-refractivity contribution in [2.75, 3.05) is 13.1 Å². The fourth-order valence-electron chi connectivity index (χ4n) is 3.51. The lowest BCUT2D eigenvalue weighted by molar-refractivity contribution is 0.0790. The number of aromatic nitrogens is 1. The van der Waals surface area contributed by atoms with E-state index in [0.717, 1.165) is 6.42 Å². The summed E-state index contributed by atoms with van der Waals surface area (Å²) in [6, 6.07) is 12.2. The van der Waals surface area contributed by atoms with Crippen molar-refractivity contribution in [2.45, 2.75) is 32.1 Å².